The van der Waals surface area contributed by atoms with Gasteiger partial charge in [-0.05, 0) is 43.7 Å². The monoisotopic (exact) mass is 372 g/mol. The van der Waals surface area contributed by atoms with E-state index in [9.17, 15) is 23.5 Å². The van der Waals surface area contributed by atoms with Gasteiger partial charge in [-0.15, -0.1) is 0 Å². The summed E-state index contributed by atoms with van der Waals surface area (Å²) < 4.78 is 28.8. The zero-order chi connectivity index (χ0) is 19.9. The lowest BCUT2D eigenvalue weighted by atomic mass is 9.97. The molecule has 5 nitrogen and oxygen atoms in total. The molecule has 0 saturated heterocycles. The number of fused-ring (bicyclic) bond motifs is 1. The number of hydrogen-bond donors (Lipinski definition) is 2. The molecule has 0 radical (unpaired) electrons. The van der Waals surface area contributed by atoms with Crippen LogP contribution in [0.25, 0.3) is 10.9 Å². The number of aromatic hydroxyl groups is 1. The second-order valence-corrected chi connectivity index (χ2v) is 6.31. The van der Waals surface area contributed by atoms with E-state index in [4.69, 9.17) is 0 Å². The number of carbonyl (C=O) groups excluding carboxylic acids is 2. The van der Waals surface area contributed by atoms with Gasteiger partial charge in [0, 0.05) is 29.8 Å². The second-order valence-electron chi connectivity index (χ2n) is 6.31. The van der Waals surface area contributed by atoms with Crippen molar-refractivity contribution in [2.75, 3.05) is 7.05 Å². The molecule has 0 saturated carbocycles. The van der Waals surface area contributed by atoms with Gasteiger partial charge in [-0.25, -0.2) is 8.78 Å². The van der Waals surface area contributed by atoms with E-state index in [-0.39, 0.29) is 17.0 Å². The van der Waals surface area contributed by atoms with Gasteiger partial charge >= 0.3 is 0 Å². The summed E-state index contributed by atoms with van der Waals surface area (Å²) in [5.41, 5.74) is 1.19. The molecule has 0 aliphatic heterocycles. The first-order valence-corrected chi connectivity index (χ1v) is 8.31. The molecule has 0 aliphatic rings. The molecule has 3 rings (SSSR count). The van der Waals surface area contributed by atoms with E-state index >= 15 is 0 Å². The van der Waals surface area contributed by atoms with Crippen molar-refractivity contribution in [1.82, 2.24) is 9.88 Å². The first kappa shape index (κ1) is 18.6. The summed E-state index contributed by atoms with van der Waals surface area (Å²) in [5, 5.41) is 12.7. The first-order chi connectivity index (χ1) is 12.8. The highest BCUT2D eigenvalue weighted by Gasteiger charge is 2.27. The van der Waals surface area contributed by atoms with Crippen LogP contribution in [0.4, 0.5) is 8.78 Å². The molecule has 0 spiro atoms. The molecule has 1 heterocycles. The summed E-state index contributed by atoms with van der Waals surface area (Å²) in [4.78, 5) is 25.2. The predicted octanol–water partition coefficient (Wildman–Crippen LogP) is 3.47. The molecule has 1 unspecified atom stereocenters. The zero-order valence-corrected chi connectivity index (χ0v) is 15.0. The van der Waals surface area contributed by atoms with Crippen molar-refractivity contribution in [3.63, 3.8) is 0 Å². The number of nitrogens with one attached hydrogen (secondary N) is 1. The number of likely N-dealkylation sites (N-methyl/N-ethyl adjacent to an activating group) is 1. The largest absolute Gasteiger partial charge is 0.505 e. The van der Waals surface area contributed by atoms with Crippen molar-refractivity contribution >= 4 is 22.7 Å². The summed E-state index contributed by atoms with van der Waals surface area (Å²) in [6.45, 7) is 3.28. The van der Waals surface area contributed by atoms with Gasteiger partial charge in [-0.1, -0.05) is 6.07 Å². The van der Waals surface area contributed by atoms with E-state index < -0.39 is 29.2 Å². The molecule has 7 heteroatoms. The third kappa shape index (κ3) is 3.05. The Morgan fingerprint density at radius 1 is 1.19 bits per heavy atom. The van der Waals surface area contributed by atoms with Crippen molar-refractivity contribution < 1.29 is 23.5 Å². The summed E-state index contributed by atoms with van der Waals surface area (Å²) in [5.74, 6) is -3.55. The van der Waals surface area contributed by atoms with Gasteiger partial charge in [0.05, 0.1) is 11.4 Å². The molecule has 1 amide bonds. The van der Waals surface area contributed by atoms with Gasteiger partial charge in [0.25, 0.3) is 5.91 Å². The van der Waals surface area contributed by atoms with Gasteiger partial charge in [-0.3, -0.25) is 14.2 Å². The van der Waals surface area contributed by atoms with Crippen LogP contribution in [0, 0.1) is 18.6 Å². The minimum Gasteiger partial charge on any atom is -0.505 e. The summed E-state index contributed by atoms with van der Waals surface area (Å²) in [7, 11) is 1.49. The minimum atomic E-state index is -0.896. The maximum Gasteiger partial charge on any atom is 0.262 e. The highest BCUT2D eigenvalue weighted by molar-refractivity contribution is 6.05. The van der Waals surface area contributed by atoms with Gasteiger partial charge in [0.15, 0.2) is 11.6 Å². The topological polar surface area (TPSA) is 71.3 Å². The summed E-state index contributed by atoms with van der Waals surface area (Å²) >= 11 is 0. The number of amides is 1. The number of hydrogen-bond acceptors (Lipinski definition) is 3. The Bertz CT molecular complexity index is 1070. The number of carbonyl (C=O) groups is 2. The lowest BCUT2D eigenvalue weighted by Crippen LogP contribution is -2.24. The van der Waals surface area contributed by atoms with Crippen molar-refractivity contribution in [3.05, 3.63) is 64.9 Å². The average molecular weight is 372 g/mol. The quantitative estimate of drug-likeness (QED) is 0.740. The van der Waals surface area contributed by atoms with Crippen LogP contribution in [0.1, 0.15) is 34.5 Å². The Balaban J connectivity index is 2.32. The standard InChI is InChI=1S/C20H18F2N2O3/c1-10(19(26)23-3)18-11(2)24(16-9-15(22)17(25)8-14(16)18)20(27)12-5-4-6-13(21)7-12/h4-10,25H,1-3H3,(H,23,26). The molecule has 140 valence electrons. The van der Waals surface area contributed by atoms with Crippen LogP contribution >= 0.6 is 0 Å². The normalized spacial score (nSPS) is 12.2. The van der Waals surface area contributed by atoms with Gasteiger partial charge in [0.2, 0.25) is 5.91 Å². The molecule has 0 aliphatic carbocycles. The number of nitrogens with zero attached hydrogens (tertiary/aromatic N) is 1. The second kappa shape index (κ2) is 6.83. The number of benzene rings is 2. The zero-order valence-electron chi connectivity index (χ0n) is 15.0. The fourth-order valence-electron chi connectivity index (χ4n) is 3.35. The van der Waals surface area contributed by atoms with Crippen LogP contribution < -0.4 is 5.32 Å². The third-order valence-corrected chi connectivity index (χ3v) is 4.67. The van der Waals surface area contributed by atoms with Crippen LogP contribution in [-0.4, -0.2) is 28.5 Å². The van der Waals surface area contributed by atoms with E-state index in [1.165, 1.54) is 35.9 Å². The Kier molecular flexibility index (Phi) is 4.70. The summed E-state index contributed by atoms with van der Waals surface area (Å²) in [6.07, 6.45) is 0. The van der Waals surface area contributed by atoms with Crippen molar-refractivity contribution in [3.8, 4) is 5.75 Å². The molecule has 1 aromatic heterocycles. The minimum absolute atomic E-state index is 0.0858. The maximum absolute atomic E-state index is 14.0. The predicted molar refractivity (Wildman–Crippen MR) is 96.9 cm³/mol. The van der Waals surface area contributed by atoms with Gasteiger partial charge < -0.3 is 10.4 Å². The highest BCUT2D eigenvalue weighted by Crippen LogP contribution is 2.35. The van der Waals surface area contributed by atoms with Crippen LogP contribution in [0.15, 0.2) is 36.4 Å². The lowest BCUT2D eigenvalue weighted by molar-refractivity contribution is -0.121. The number of halogens is 2. The SMILES string of the molecule is CNC(=O)C(C)c1c(C)n(C(=O)c2cccc(F)c2)c2cc(F)c(O)cc12. The number of phenols is 1. The molecule has 2 N–H and O–H groups in total. The van der Waals surface area contributed by atoms with E-state index in [1.807, 2.05) is 0 Å². The van der Waals surface area contributed by atoms with Crippen molar-refractivity contribution in [2.24, 2.45) is 0 Å². The Labute approximate surface area is 154 Å². The third-order valence-electron chi connectivity index (χ3n) is 4.67. The van der Waals surface area contributed by atoms with Crippen LogP contribution in [0.3, 0.4) is 0 Å². The van der Waals surface area contributed by atoms with E-state index in [0.29, 0.717) is 16.6 Å². The summed E-state index contributed by atoms with van der Waals surface area (Å²) in [6, 6.07) is 7.40. The first-order valence-electron chi connectivity index (χ1n) is 8.31. The maximum atomic E-state index is 14.0. The van der Waals surface area contributed by atoms with Gasteiger partial charge in [-0.2, -0.15) is 0 Å². The molecule has 0 bridgehead atoms. The molecular weight excluding hydrogens is 354 g/mol. The Morgan fingerprint density at radius 2 is 1.89 bits per heavy atom. The van der Waals surface area contributed by atoms with Gasteiger partial charge in [0.1, 0.15) is 5.82 Å². The van der Waals surface area contributed by atoms with E-state index in [1.54, 1.807) is 13.8 Å². The number of rotatable bonds is 3. The molecule has 3 aromatic rings. The van der Waals surface area contributed by atoms with Crippen molar-refractivity contribution in [1.29, 1.82) is 0 Å². The van der Waals surface area contributed by atoms with Crippen LogP contribution in [0.2, 0.25) is 0 Å². The average Bonchev–Trinajstić information content (AvgIpc) is 2.91. The molecule has 1 atom stereocenters. The molecule has 2 aromatic carbocycles. The number of phenolic OH excluding ortho intramolecular Hbond substituents is 1. The lowest BCUT2D eigenvalue weighted by Gasteiger charge is -2.12. The Hall–Kier alpha value is -3.22. The smallest absolute Gasteiger partial charge is 0.262 e. The molecular formula is C20H18F2N2O3. The highest BCUT2D eigenvalue weighted by atomic mass is 19.1. The molecule has 27 heavy (non-hydrogen) atoms. The van der Waals surface area contributed by atoms with E-state index in [2.05, 4.69) is 5.32 Å². The fourth-order valence-corrected chi connectivity index (χ4v) is 3.35. The number of aromatic nitrogens is 1. The molecule has 0 fully saturated rings. The fraction of sp³-hybridized carbons (Fsp3) is 0.200. The van der Waals surface area contributed by atoms with Crippen LogP contribution in [0.5, 0.6) is 5.75 Å². The van der Waals surface area contributed by atoms with Crippen LogP contribution in [-0.2, 0) is 4.79 Å². The Morgan fingerprint density at radius 3 is 2.52 bits per heavy atom. The van der Waals surface area contributed by atoms with Crippen molar-refractivity contribution in [2.45, 2.75) is 19.8 Å². The van der Waals surface area contributed by atoms with E-state index in [0.717, 1.165) is 12.1 Å².